The molecule has 0 amide bonds. The molecule has 1 aromatic rings. The van der Waals surface area contributed by atoms with Crippen molar-refractivity contribution in [3.05, 3.63) is 18.0 Å². The third-order valence-corrected chi connectivity index (χ3v) is 4.91. The van der Waals surface area contributed by atoms with Crippen molar-refractivity contribution in [2.24, 2.45) is 5.73 Å². The first-order valence-corrected chi connectivity index (χ1v) is 7.51. The van der Waals surface area contributed by atoms with Crippen LogP contribution in [0.1, 0.15) is 25.0 Å². The molecule has 1 aliphatic rings. The average molecular weight is 270 g/mol. The van der Waals surface area contributed by atoms with Crippen molar-refractivity contribution < 1.29 is 8.42 Å². The summed E-state index contributed by atoms with van der Waals surface area (Å²) in [6, 6.07) is 1.54. The second-order valence-electron chi connectivity index (χ2n) is 4.48. The molecule has 0 unspecified atom stereocenters. The fourth-order valence-electron chi connectivity index (χ4n) is 2.18. The molecule has 0 spiro atoms. The summed E-state index contributed by atoms with van der Waals surface area (Å²) in [5.41, 5.74) is 6.29. The number of rotatable bonds is 3. The molecule has 1 saturated heterocycles. The molecule has 18 heavy (non-hydrogen) atoms. The molecular weight excluding hydrogens is 252 g/mol. The van der Waals surface area contributed by atoms with E-state index in [9.17, 15) is 8.42 Å². The van der Waals surface area contributed by atoms with Gasteiger partial charge in [0.15, 0.2) is 0 Å². The molecule has 1 aromatic heterocycles. The molecule has 0 aromatic carbocycles. The van der Waals surface area contributed by atoms with Crippen LogP contribution in [0.3, 0.4) is 0 Å². The molecule has 0 bridgehead atoms. The molecule has 0 aliphatic carbocycles. The summed E-state index contributed by atoms with van der Waals surface area (Å²) in [5.74, 6) is 0. The van der Waals surface area contributed by atoms with E-state index in [1.54, 1.807) is 13.0 Å². The Morgan fingerprint density at radius 2 is 2.28 bits per heavy atom. The number of aryl methyl sites for hydroxylation is 1. The Hall–Kier alpha value is -1.05. The van der Waals surface area contributed by atoms with Gasteiger partial charge in [0.05, 0.1) is 0 Å². The number of hydrogen-bond acceptors (Lipinski definition) is 5. The van der Waals surface area contributed by atoms with E-state index in [1.807, 2.05) is 0 Å². The lowest BCUT2D eigenvalue weighted by Gasteiger charge is -2.33. The van der Waals surface area contributed by atoms with Crippen LogP contribution in [-0.2, 0) is 10.0 Å². The van der Waals surface area contributed by atoms with Gasteiger partial charge in [-0.2, -0.15) is 4.31 Å². The van der Waals surface area contributed by atoms with Gasteiger partial charge in [-0.1, -0.05) is 6.42 Å². The maximum absolute atomic E-state index is 12.5. The summed E-state index contributed by atoms with van der Waals surface area (Å²) in [6.45, 7) is 2.59. The van der Waals surface area contributed by atoms with Crippen molar-refractivity contribution in [2.45, 2.75) is 37.4 Å². The molecule has 100 valence electrons. The van der Waals surface area contributed by atoms with Gasteiger partial charge in [0.25, 0.3) is 15.2 Å². The summed E-state index contributed by atoms with van der Waals surface area (Å²) in [4.78, 5) is 7.88. The highest BCUT2D eigenvalue weighted by Crippen LogP contribution is 2.22. The summed E-state index contributed by atoms with van der Waals surface area (Å²) in [6.07, 6.45) is 4.16. The van der Waals surface area contributed by atoms with Crippen LogP contribution in [0, 0.1) is 6.92 Å². The fourth-order valence-corrected chi connectivity index (χ4v) is 3.80. The van der Waals surface area contributed by atoms with Gasteiger partial charge in [-0.05, 0) is 25.8 Å². The number of nitrogens with two attached hydrogens (primary N) is 1. The third-order valence-electron chi connectivity index (χ3n) is 3.16. The standard InChI is InChI=1S/C11H18N4O2S/c1-9-5-6-13-11(14-9)18(16,17)15-7-3-2-4-10(15)8-12/h5-6,10H,2-4,7-8,12H2,1H3/t10-/m0/s1. The zero-order valence-electron chi connectivity index (χ0n) is 10.4. The quantitative estimate of drug-likeness (QED) is 0.797. The average Bonchev–Trinajstić information content (AvgIpc) is 2.38. The lowest BCUT2D eigenvalue weighted by molar-refractivity contribution is 0.256. The molecule has 0 saturated carbocycles. The van der Waals surface area contributed by atoms with Crippen LogP contribution < -0.4 is 5.73 Å². The summed E-state index contributed by atoms with van der Waals surface area (Å²) >= 11 is 0. The van der Waals surface area contributed by atoms with Crippen LogP contribution in [0.2, 0.25) is 0 Å². The normalized spacial score (nSPS) is 22.0. The van der Waals surface area contributed by atoms with E-state index < -0.39 is 10.0 Å². The summed E-state index contributed by atoms with van der Waals surface area (Å²) in [7, 11) is -3.61. The Balaban J connectivity index is 2.35. The van der Waals surface area contributed by atoms with Gasteiger partial charge >= 0.3 is 0 Å². The Morgan fingerprint density at radius 1 is 1.50 bits per heavy atom. The lowest BCUT2D eigenvalue weighted by atomic mass is 10.1. The molecule has 1 atom stereocenters. The van der Waals surface area contributed by atoms with Crippen molar-refractivity contribution in [1.82, 2.24) is 14.3 Å². The topological polar surface area (TPSA) is 89.2 Å². The van der Waals surface area contributed by atoms with Crippen LogP contribution in [0.25, 0.3) is 0 Å². The number of hydrogen-bond donors (Lipinski definition) is 1. The first kappa shape index (κ1) is 13.4. The van der Waals surface area contributed by atoms with Crippen molar-refractivity contribution in [2.75, 3.05) is 13.1 Å². The SMILES string of the molecule is Cc1ccnc(S(=O)(=O)N2CCCC[C@H]2CN)n1. The number of sulfonamides is 1. The Morgan fingerprint density at radius 3 is 2.94 bits per heavy atom. The lowest BCUT2D eigenvalue weighted by Crippen LogP contribution is -2.47. The Labute approximate surface area is 107 Å². The minimum Gasteiger partial charge on any atom is -0.329 e. The van der Waals surface area contributed by atoms with Crippen molar-refractivity contribution >= 4 is 10.0 Å². The predicted molar refractivity (Wildman–Crippen MR) is 67.4 cm³/mol. The van der Waals surface area contributed by atoms with Crippen LogP contribution in [0.15, 0.2) is 17.4 Å². The zero-order chi connectivity index (χ0) is 13.2. The Kier molecular flexibility index (Phi) is 3.94. The van der Waals surface area contributed by atoms with Crippen LogP contribution in [0.4, 0.5) is 0 Å². The van der Waals surface area contributed by atoms with Gasteiger partial charge in [-0.25, -0.2) is 18.4 Å². The van der Waals surface area contributed by atoms with E-state index >= 15 is 0 Å². The van der Waals surface area contributed by atoms with Crippen molar-refractivity contribution in [3.8, 4) is 0 Å². The highest BCUT2D eigenvalue weighted by Gasteiger charge is 2.34. The molecule has 2 N–H and O–H groups in total. The smallest absolute Gasteiger partial charge is 0.279 e. The third kappa shape index (κ3) is 2.52. The van der Waals surface area contributed by atoms with Gasteiger partial charge in [-0.15, -0.1) is 0 Å². The molecule has 1 fully saturated rings. The highest BCUT2D eigenvalue weighted by atomic mass is 32.2. The first-order chi connectivity index (χ1) is 8.55. The number of piperidine rings is 1. The van der Waals surface area contributed by atoms with Gasteiger partial charge in [-0.3, -0.25) is 0 Å². The monoisotopic (exact) mass is 270 g/mol. The van der Waals surface area contributed by atoms with Crippen LogP contribution >= 0.6 is 0 Å². The molecule has 0 radical (unpaired) electrons. The largest absolute Gasteiger partial charge is 0.329 e. The van der Waals surface area contributed by atoms with Gasteiger partial charge in [0.2, 0.25) is 0 Å². The second-order valence-corrected chi connectivity index (χ2v) is 6.27. The zero-order valence-corrected chi connectivity index (χ0v) is 11.2. The maximum atomic E-state index is 12.5. The number of aromatic nitrogens is 2. The maximum Gasteiger partial charge on any atom is 0.279 e. The molecule has 6 nitrogen and oxygen atoms in total. The second kappa shape index (κ2) is 5.29. The van der Waals surface area contributed by atoms with Gasteiger partial charge in [0, 0.05) is 31.0 Å². The minimum atomic E-state index is -3.61. The van der Waals surface area contributed by atoms with E-state index in [1.165, 1.54) is 10.5 Å². The van der Waals surface area contributed by atoms with Gasteiger partial charge in [0.1, 0.15) is 0 Å². The molecule has 2 rings (SSSR count). The van der Waals surface area contributed by atoms with E-state index in [0.717, 1.165) is 19.3 Å². The predicted octanol–water partition coefficient (Wildman–Crippen LogP) is 0.287. The minimum absolute atomic E-state index is 0.122. The van der Waals surface area contributed by atoms with E-state index in [2.05, 4.69) is 9.97 Å². The summed E-state index contributed by atoms with van der Waals surface area (Å²) in [5, 5.41) is -0.122. The van der Waals surface area contributed by atoms with Gasteiger partial charge < -0.3 is 5.73 Å². The van der Waals surface area contributed by atoms with E-state index in [0.29, 0.717) is 18.8 Å². The molecular formula is C11H18N4O2S. The van der Waals surface area contributed by atoms with Crippen molar-refractivity contribution in [1.29, 1.82) is 0 Å². The van der Waals surface area contributed by atoms with E-state index in [-0.39, 0.29) is 11.2 Å². The molecule has 1 aliphatic heterocycles. The molecule has 7 heteroatoms. The summed E-state index contributed by atoms with van der Waals surface area (Å²) < 4.78 is 26.4. The van der Waals surface area contributed by atoms with Crippen molar-refractivity contribution in [3.63, 3.8) is 0 Å². The van der Waals surface area contributed by atoms with Crippen LogP contribution in [-0.4, -0.2) is 41.8 Å². The number of nitrogens with zero attached hydrogens (tertiary/aromatic N) is 3. The Bertz CT molecular complexity index is 518. The highest BCUT2D eigenvalue weighted by molar-refractivity contribution is 7.89. The first-order valence-electron chi connectivity index (χ1n) is 6.07. The van der Waals surface area contributed by atoms with E-state index in [4.69, 9.17) is 5.73 Å². The fraction of sp³-hybridized carbons (Fsp3) is 0.636. The van der Waals surface area contributed by atoms with Crippen LogP contribution in [0.5, 0.6) is 0 Å². The molecule has 2 heterocycles.